The summed E-state index contributed by atoms with van der Waals surface area (Å²) >= 11 is 0. The fourth-order valence-corrected chi connectivity index (χ4v) is 1.43. The molecule has 0 radical (unpaired) electrons. The van der Waals surface area contributed by atoms with Crippen LogP contribution in [-0.2, 0) is 17.8 Å². The number of hydrogen-bond acceptors (Lipinski definition) is 5. The molecular formula is C10H11F3N2O4. The van der Waals surface area contributed by atoms with Gasteiger partial charge >= 0.3 is 12.3 Å². The first-order chi connectivity index (χ1) is 8.78. The number of nitrogens with zero attached hydrogens (tertiary/aromatic N) is 1. The smallest absolute Gasteiger partial charge is 0.492 e. The van der Waals surface area contributed by atoms with Crippen molar-refractivity contribution >= 4 is 5.97 Å². The summed E-state index contributed by atoms with van der Waals surface area (Å²) in [7, 11) is 1.10. The van der Waals surface area contributed by atoms with Gasteiger partial charge < -0.3 is 20.3 Å². The molecule has 0 atom stereocenters. The second-order valence-electron chi connectivity index (χ2n) is 3.41. The molecule has 1 rings (SSSR count). The number of nitrogens with two attached hydrogens (primary N) is 1. The van der Waals surface area contributed by atoms with Crippen LogP contribution in [0.5, 0.6) is 11.5 Å². The highest BCUT2D eigenvalue weighted by Gasteiger charge is 2.34. The molecule has 0 bridgehead atoms. The van der Waals surface area contributed by atoms with Crippen LogP contribution in [0.1, 0.15) is 11.3 Å². The first-order valence-corrected chi connectivity index (χ1v) is 5.00. The van der Waals surface area contributed by atoms with Crippen molar-refractivity contribution in [2.45, 2.75) is 19.3 Å². The summed E-state index contributed by atoms with van der Waals surface area (Å²) in [6, 6.07) is 0. The Labute approximate surface area is 105 Å². The molecule has 1 aromatic rings. The summed E-state index contributed by atoms with van der Waals surface area (Å²) in [4.78, 5) is 14.3. The normalized spacial score (nSPS) is 11.2. The molecule has 19 heavy (non-hydrogen) atoms. The molecule has 1 heterocycles. The number of alkyl halides is 3. The van der Waals surface area contributed by atoms with E-state index in [0.717, 1.165) is 13.3 Å². The van der Waals surface area contributed by atoms with Crippen LogP contribution in [0, 0.1) is 0 Å². The molecule has 0 unspecified atom stereocenters. The number of carbonyl (C=O) groups is 1. The van der Waals surface area contributed by atoms with E-state index in [2.05, 4.69) is 9.72 Å². The van der Waals surface area contributed by atoms with Gasteiger partial charge in [-0.25, -0.2) is 0 Å². The van der Waals surface area contributed by atoms with Gasteiger partial charge in [0.15, 0.2) is 11.5 Å². The topological polar surface area (TPSA) is 94.7 Å². The Morgan fingerprint density at radius 2 is 2.11 bits per heavy atom. The van der Waals surface area contributed by atoms with Gasteiger partial charge in [0.2, 0.25) is 0 Å². The lowest BCUT2D eigenvalue weighted by Crippen LogP contribution is -2.20. The summed E-state index contributed by atoms with van der Waals surface area (Å²) in [5.74, 6) is -2.29. The van der Waals surface area contributed by atoms with Gasteiger partial charge in [-0.3, -0.25) is 9.78 Å². The highest BCUT2D eigenvalue weighted by molar-refractivity contribution is 5.72. The third kappa shape index (κ3) is 3.98. The van der Waals surface area contributed by atoms with Gasteiger partial charge in [-0.15, -0.1) is 13.2 Å². The van der Waals surface area contributed by atoms with Gasteiger partial charge in [-0.05, 0) is 0 Å². The second kappa shape index (κ2) is 5.74. The molecule has 0 aliphatic heterocycles. The van der Waals surface area contributed by atoms with Crippen molar-refractivity contribution in [1.82, 2.24) is 4.98 Å². The fourth-order valence-electron chi connectivity index (χ4n) is 1.43. The Balaban J connectivity index is 3.32. The minimum atomic E-state index is -4.96. The molecule has 0 fully saturated rings. The maximum atomic E-state index is 12.3. The van der Waals surface area contributed by atoms with Crippen LogP contribution < -0.4 is 15.2 Å². The molecule has 0 saturated carbocycles. The zero-order valence-corrected chi connectivity index (χ0v) is 9.82. The maximum Gasteiger partial charge on any atom is 0.573 e. The van der Waals surface area contributed by atoms with Crippen molar-refractivity contribution in [1.29, 1.82) is 0 Å². The molecule has 0 aromatic carbocycles. The van der Waals surface area contributed by atoms with Gasteiger partial charge in [0.05, 0.1) is 13.5 Å². The molecule has 6 nitrogen and oxygen atoms in total. The van der Waals surface area contributed by atoms with Crippen molar-refractivity contribution < 1.29 is 32.5 Å². The Kier molecular flexibility index (Phi) is 4.54. The molecule has 0 amide bonds. The van der Waals surface area contributed by atoms with Crippen molar-refractivity contribution in [3.63, 3.8) is 0 Å². The van der Waals surface area contributed by atoms with Crippen molar-refractivity contribution in [2.24, 2.45) is 5.73 Å². The van der Waals surface area contributed by atoms with Crippen molar-refractivity contribution in [3.8, 4) is 11.5 Å². The summed E-state index contributed by atoms with van der Waals surface area (Å²) in [6.45, 7) is -0.310. The van der Waals surface area contributed by atoms with Gasteiger partial charge in [0.25, 0.3) is 0 Å². The number of carboxylic acids is 1. The minimum Gasteiger partial charge on any atom is -0.492 e. The number of ether oxygens (including phenoxy) is 2. The molecular weight excluding hydrogens is 269 g/mol. The Bertz CT molecular complexity index is 477. The number of carboxylic acid groups (broad SMARTS) is 1. The van der Waals surface area contributed by atoms with Crippen LogP contribution in [0.15, 0.2) is 6.20 Å². The monoisotopic (exact) mass is 280 g/mol. The molecule has 0 aliphatic carbocycles. The first kappa shape index (κ1) is 15.0. The number of pyridine rings is 1. The first-order valence-electron chi connectivity index (χ1n) is 5.00. The summed E-state index contributed by atoms with van der Waals surface area (Å²) in [5.41, 5.74) is 5.05. The molecule has 9 heteroatoms. The highest BCUT2D eigenvalue weighted by atomic mass is 19.4. The van der Waals surface area contributed by atoms with Crippen LogP contribution in [0.3, 0.4) is 0 Å². The number of hydrogen-bond donors (Lipinski definition) is 2. The largest absolute Gasteiger partial charge is 0.573 e. The van der Waals surface area contributed by atoms with E-state index in [9.17, 15) is 18.0 Å². The maximum absolute atomic E-state index is 12.3. The van der Waals surface area contributed by atoms with Crippen LogP contribution >= 0.6 is 0 Å². The molecule has 3 N–H and O–H groups in total. The van der Waals surface area contributed by atoms with Gasteiger partial charge in [0, 0.05) is 18.3 Å². The fraction of sp³-hybridized carbons (Fsp3) is 0.400. The summed E-state index contributed by atoms with van der Waals surface area (Å²) in [5, 5.41) is 8.67. The third-order valence-corrected chi connectivity index (χ3v) is 2.09. The van der Waals surface area contributed by atoms with E-state index in [1.165, 1.54) is 0 Å². The number of aromatic nitrogens is 1. The number of aliphatic carboxylic acids is 1. The molecule has 0 saturated heterocycles. The van der Waals surface area contributed by atoms with Gasteiger partial charge in [0.1, 0.15) is 5.69 Å². The van der Waals surface area contributed by atoms with E-state index >= 15 is 0 Å². The number of halogens is 3. The van der Waals surface area contributed by atoms with E-state index in [-0.39, 0.29) is 23.6 Å². The number of rotatable bonds is 5. The van der Waals surface area contributed by atoms with E-state index in [4.69, 9.17) is 15.6 Å². The lowest BCUT2D eigenvalue weighted by Gasteiger charge is -2.17. The summed E-state index contributed by atoms with van der Waals surface area (Å²) < 4.78 is 45.5. The minimum absolute atomic E-state index is 0.0357. The Hall–Kier alpha value is -2.03. The molecule has 106 valence electrons. The predicted octanol–water partition coefficient (Wildman–Crippen LogP) is 1.07. The zero-order valence-electron chi connectivity index (χ0n) is 9.82. The van der Waals surface area contributed by atoms with E-state index in [1.807, 2.05) is 0 Å². The standard InChI is InChI=1S/C10H11F3N2O4/c1-18-8-5(2-7(16)17)4-15-6(3-14)9(8)19-10(11,12)13/h4H,2-3,14H2,1H3,(H,16,17). The molecule has 0 spiro atoms. The van der Waals surface area contributed by atoms with Crippen molar-refractivity contribution in [2.75, 3.05) is 7.11 Å². The van der Waals surface area contributed by atoms with Gasteiger partial charge in [-0.1, -0.05) is 0 Å². The van der Waals surface area contributed by atoms with Gasteiger partial charge in [-0.2, -0.15) is 0 Å². The highest BCUT2D eigenvalue weighted by Crippen LogP contribution is 2.37. The zero-order chi connectivity index (χ0) is 14.6. The van der Waals surface area contributed by atoms with Crippen LogP contribution in [0.4, 0.5) is 13.2 Å². The van der Waals surface area contributed by atoms with Crippen LogP contribution in [-0.4, -0.2) is 29.5 Å². The van der Waals surface area contributed by atoms with Crippen LogP contribution in [0.25, 0.3) is 0 Å². The average Bonchev–Trinajstić information content (AvgIpc) is 2.27. The van der Waals surface area contributed by atoms with E-state index < -0.39 is 24.5 Å². The lowest BCUT2D eigenvalue weighted by molar-refractivity contribution is -0.275. The molecule has 1 aromatic heterocycles. The summed E-state index contributed by atoms with van der Waals surface area (Å²) in [6.07, 6.45) is -4.41. The number of methoxy groups -OCH3 is 1. The average molecular weight is 280 g/mol. The van der Waals surface area contributed by atoms with E-state index in [0.29, 0.717) is 0 Å². The second-order valence-corrected chi connectivity index (χ2v) is 3.41. The van der Waals surface area contributed by atoms with Crippen LogP contribution in [0.2, 0.25) is 0 Å². The quantitative estimate of drug-likeness (QED) is 0.838. The van der Waals surface area contributed by atoms with Crippen molar-refractivity contribution in [3.05, 3.63) is 17.5 Å². The molecule has 0 aliphatic rings. The lowest BCUT2D eigenvalue weighted by atomic mass is 10.1. The third-order valence-electron chi connectivity index (χ3n) is 2.09. The predicted molar refractivity (Wildman–Crippen MR) is 56.7 cm³/mol. The van der Waals surface area contributed by atoms with E-state index in [1.54, 1.807) is 0 Å². The SMILES string of the molecule is COc1c(CC(=O)O)cnc(CN)c1OC(F)(F)F. The Morgan fingerprint density at radius 3 is 2.53 bits per heavy atom. The Morgan fingerprint density at radius 1 is 1.47 bits per heavy atom.